The molecule has 0 fully saturated rings. The van der Waals surface area contributed by atoms with Crippen LogP contribution in [0.2, 0.25) is 0 Å². The molecule has 0 aromatic rings. The number of hydrogen-bond donors (Lipinski definition) is 1. The lowest BCUT2D eigenvalue weighted by Crippen LogP contribution is -2.18. The quantitative estimate of drug-likeness (QED) is 0.500. The zero-order valence-corrected chi connectivity index (χ0v) is 7.04. The van der Waals surface area contributed by atoms with Gasteiger partial charge in [0.25, 0.3) is 0 Å². The molecule has 1 aliphatic heterocycles. The van der Waals surface area contributed by atoms with Crippen LogP contribution in [0.15, 0.2) is 4.99 Å². The Bertz CT molecular complexity index is 223. The number of esters is 1. The fraction of sp³-hybridized carbons (Fsp3) is 0.625. The maximum atomic E-state index is 11.1. The molecular formula is C8H12N2O2. The maximum absolute atomic E-state index is 11.1. The van der Waals surface area contributed by atoms with Crippen molar-refractivity contribution in [2.45, 2.75) is 25.8 Å². The van der Waals surface area contributed by atoms with E-state index in [0.717, 1.165) is 0 Å². The number of rotatable bonds is 3. The molecule has 4 heteroatoms. The Morgan fingerprint density at radius 3 is 3.17 bits per heavy atom. The number of hydrogen-bond acceptors (Lipinski definition) is 4. The molecule has 4 nitrogen and oxygen atoms in total. The molecule has 0 spiro atoms. The van der Waals surface area contributed by atoms with Gasteiger partial charge in [-0.05, 0) is 19.8 Å². The molecule has 1 aliphatic rings. The van der Waals surface area contributed by atoms with Crippen molar-refractivity contribution in [3.63, 3.8) is 0 Å². The normalized spacial score (nSPS) is 21.8. The summed E-state index contributed by atoms with van der Waals surface area (Å²) in [5.74, 6) is -0.269. The summed E-state index contributed by atoms with van der Waals surface area (Å²) in [4.78, 5) is 15.1. The van der Waals surface area contributed by atoms with Crippen LogP contribution in [-0.4, -0.2) is 30.5 Å². The summed E-state index contributed by atoms with van der Waals surface area (Å²) in [6, 6.07) is -0.360. The lowest BCUT2D eigenvalue weighted by molar-refractivity contribution is -0.144. The highest BCUT2D eigenvalue weighted by Gasteiger charge is 2.24. The first-order chi connectivity index (χ1) is 5.77. The fourth-order valence-corrected chi connectivity index (χ4v) is 1.13. The second-order valence-corrected chi connectivity index (χ2v) is 2.57. The van der Waals surface area contributed by atoms with E-state index in [9.17, 15) is 4.79 Å². The van der Waals surface area contributed by atoms with E-state index in [1.807, 2.05) is 0 Å². The van der Waals surface area contributed by atoms with E-state index in [1.165, 1.54) is 6.21 Å². The fourth-order valence-electron chi connectivity index (χ4n) is 1.13. The monoisotopic (exact) mass is 168 g/mol. The Labute approximate surface area is 71.1 Å². The van der Waals surface area contributed by atoms with Gasteiger partial charge in [-0.15, -0.1) is 0 Å². The minimum atomic E-state index is -0.360. The standard InChI is InChI=1S/C8H12N2O2/c1-2-12-8(11)7-4-3-6(5-9)10-7/h5,7,9H,2-4H2,1H3/t7-/m0/s1. The molecule has 0 saturated heterocycles. The van der Waals surface area contributed by atoms with Crippen molar-refractivity contribution in [3.05, 3.63) is 0 Å². The molecule has 66 valence electrons. The zero-order chi connectivity index (χ0) is 8.97. The highest BCUT2D eigenvalue weighted by Crippen LogP contribution is 2.13. The van der Waals surface area contributed by atoms with Crippen molar-refractivity contribution in [2.24, 2.45) is 4.99 Å². The van der Waals surface area contributed by atoms with Crippen LogP contribution < -0.4 is 0 Å². The summed E-state index contributed by atoms with van der Waals surface area (Å²) in [5.41, 5.74) is 0.688. The van der Waals surface area contributed by atoms with Crippen molar-refractivity contribution in [1.82, 2.24) is 0 Å². The molecule has 0 amide bonds. The van der Waals surface area contributed by atoms with Crippen LogP contribution in [0.1, 0.15) is 19.8 Å². The van der Waals surface area contributed by atoms with E-state index in [2.05, 4.69) is 4.99 Å². The summed E-state index contributed by atoms with van der Waals surface area (Å²) in [5, 5.41) is 6.92. The van der Waals surface area contributed by atoms with Gasteiger partial charge in [0.1, 0.15) is 6.04 Å². The Morgan fingerprint density at radius 1 is 1.92 bits per heavy atom. The van der Waals surface area contributed by atoms with Crippen LogP contribution in [0.5, 0.6) is 0 Å². The van der Waals surface area contributed by atoms with E-state index < -0.39 is 0 Å². The van der Waals surface area contributed by atoms with Gasteiger partial charge < -0.3 is 10.1 Å². The smallest absolute Gasteiger partial charge is 0.330 e. The van der Waals surface area contributed by atoms with Gasteiger partial charge in [-0.25, -0.2) is 4.79 Å². The van der Waals surface area contributed by atoms with E-state index >= 15 is 0 Å². The molecular weight excluding hydrogens is 156 g/mol. The molecule has 0 bridgehead atoms. The first-order valence-electron chi connectivity index (χ1n) is 4.01. The molecule has 0 aromatic carbocycles. The SMILES string of the molecule is CCOC(=O)[C@@H]1CCC(C=N)=N1. The van der Waals surface area contributed by atoms with E-state index in [0.29, 0.717) is 25.2 Å². The Balaban J connectivity index is 2.50. The lowest BCUT2D eigenvalue weighted by atomic mass is 10.2. The van der Waals surface area contributed by atoms with Gasteiger partial charge in [0.2, 0.25) is 0 Å². The maximum Gasteiger partial charge on any atom is 0.330 e. The first-order valence-corrected chi connectivity index (χ1v) is 4.01. The Kier molecular flexibility index (Phi) is 2.96. The molecule has 0 unspecified atom stereocenters. The number of carbonyl (C=O) groups is 1. The zero-order valence-electron chi connectivity index (χ0n) is 7.04. The van der Waals surface area contributed by atoms with E-state index in [4.69, 9.17) is 10.1 Å². The van der Waals surface area contributed by atoms with Gasteiger partial charge in [-0.3, -0.25) is 4.99 Å². The molecule has 12 heavy (non-hydrogen) atoms. The van der Waals surface area contributed by atoms with Crippen LogP contribution in [-0.2, 0) is 9.53 Å². The second kappa shape index (κ2) is 3.99. The van der Waals surface area contributed by atoms with Crippen LogP contribution in [0.4, 0.5) is 0 Å². The van der Waals surface area contributed by atoms with Gasteiger partial charge >= 0.3 is 5.97 Å². The van der Waals surface area contributed by atoms with Gasteiger partial charge in [-0.1, -0.05) is 0 Å². The number of nitrogens with one attached hydrogen (secondary N) is 1. The summed E-state index contributed by atoms with van der Waals surface area (Å²) < 4.78 is 4.80. The number of aliphatic imine (C=N–C) groups is 1. The molecule has 0 aromatic heterocycles. The first kappa shape index (κ1) is 8.90. The molecule has 1 rings (SSSR count). The van der Waals surface area contributed by atoms with Crippen LogP contribution >= 0.6 is 0 Å². The molecule has 1 heterocycles. The third-order valence-corrected chi connectivity index (χ3v) is 1.72. The van der Waals surface area contributed by atoms with Crippen molar-refractivity contribution in [3.8, 4) is 0 Å². The van der Waals surface area contributed by atoms with Crippen LogP contribution in [0, 0.1) is 5.41 Å². The van der Waals surface area contributed by atoms with Gasteiger partial charge in [0, 0.05) is 6.21 Å². The van der Waals surface area contributed by atoms with Gasteiger partial charge in [-0.2, -0.15) is 0 Å². The molecule has 1 N–H and O–H groups in total. The highest BCUT2D eigenvalue weighted by atomic mass is 16.5. The van der Waals surface area contributed by atoms with Gasteiger partial charge in [0.05, 0.1) is 12.3 Å². The van der Waals surface area contributed by atoms with Crippen LogP contribution in [0.3, 0.4) is 0 Å². The van der Waals surface area contributed by atoms with E-state index in [1.54, 1.807) is 6.92 Å². The van der Waals surface area contributed by atoms with Gasteiger partial charge in [0.15, 0.2) is 0 Å². The van der Waals surface area contributed by atoms with E-state index in [-0.39, 0.29) is 12.0 Å². The number of carbonyl (C=O) groups excluding carboxylic acids is 1. The highest BCUT2D eigenvalue weighted by molar-refractivity contribution is 6.30. The predicted molar refractivity (Wildman–Crippen MR) is 45.9 cm³/mol. The predicted octanol–water partition coefficient (Wildman–Crippen LogP) is 0.802. The number of nitrogens with zero attached hydrogens (tertiary/aromatic N) is 1. The number of ether oxygens (including phenoxy) is 1. The van der Waals surface area contributed by atoms with Crippen molar-refractivity contribution < 1.29 is 9.53 Å². The average molecular weight is 168 g/mol. The summed E-state index contributed by atoms with van der Waals surface area (Å²) >= 11 is 0. The minimum absolute atomic E-state index is 0.269. The largest absolute Gasteiger partial charge is 0.464 e. The molecule has 1 atom stereocenters. The summed E-state index contributed by atoms with van der Waals surface area (Å²) in [6.45, 7) is 2.17. The topological polar surface area (TPSA) is 62.5 Å². The Hall–Kier alpha value is -1.19. The molecule has 0 saturated carbocycles. The third-order valence-electron chi connectivity index (χ3n) is 1.72. The minimum Gasteiger partial charge on any atom is -0.464 e. The lowest BCUT2D eigenvalue weighted by Gasteiger charge is -2.04. The van der Waals surface area contributed by atoms with Crippen LogP contribution in [0.25, 0.3) is 0 Å². The molecule has 0 radical (unpaired) electrons. The second-order valence-electron chi connectivity index (χ2n) is 2.57. The average Bonchev–Trinajstić information content (AvgIpc) is 2.52. The Morgan fingerprint density at radius 2 is 2.67 bits per heavy atom. The van der Waals surface area contributed by atoms with Crippen molar-refractivity contribution in [2.75, 3.05) is 6.61 Å². The van der Waals surface area contributed by atoms with Crippen molar-refractivity contribution >= 4 is 17.9 Å². The van der Waals surface area contributed by atoms with Crippen molar-refractivity contribution in [1.29, 1.82) is 5.41 Å². The summed E-state index contributed by atoms with van der Waals surface area (Å²) in [6.07, 6.45) is 2.59. The summed E-state index contributed by atoms with van der Waals surface area (Å²) in [7, 11) is 0. The third kappa shape index (κ3) is 1.90. The molecule has 0 aliphatic carbocycles.